The van der Waals surface area contributed by atoms with Crippen molar-refractivity contribution < 1.29 is 31.1 Å². The molecule has 0 aliphatic carbocycles. The molecule has 0 bridgehead atoms. The average Bonchev–Trinajstić information content (AvgIpc) is 3.32. The SMILES string of the molecule is CCn1c(SCCCCNC(=O)c2cc(C(F)(F)F)cc(C(F)(F)F)c2)nc(-c2ccc(C)cc2)c1-c1ccc(C)cc1. The molecular weight excluding hydrogens is 588 g/mol. The van der Waals surface area contributed by atoms with Crippen LogP contribution < -0.4 is 5.32 Å². The first-order chi connectivity index (χ1) is 20.3. The number of nitrogens with zero attached hydrogens (tertiary/aromatic N) is 2. The topological polar surface area (TPSA) is 46.9 Å². The zero-order chi connectivity index (χ0) is 31.4. The smallest absolute Gasteiger partial charge is 0.352 e. The molecule has 43 heavy (non-hydrogen) atoms. The highest BCUT2D eigenvalue weighted by atomic mass is 32.2. The normalized spacial score (nSPS) is 12.0. The Kier molecular flexibility index (Phi) is 9.94. The molecule has 0 spiro atoms. The van der Waals surface area contributed by atoms with Gasteiger partial charge in [-0.25, -0.2) is 4.98 Å². The molecule has 3 aromatic carbocycles. The van der Waals surface area contributed by atoms with Gasteiger partial charge in [0, 0.05) is 35.5 Å². The number of amides is 1. The number of unbranched alkanes of at least 4 members (excludes halogenated alkanes) is 1. The number of carbonyl (C=O) groups is 1. The van der Waals surface area contributed by atoms with Crippen LogP contribution in [0.4, 0.5) is 26.3 Å². The van der Waals surface area contributed by atoms with Gasteiger partial charge in [-0.15, -0.1) is 0 Å². The Bertz CT molecular complexity index is 1530. The number of halogens is 6. The molecule has 0 unspecified atom stereocenters. The van der Waals surface area contributed by atoms with Crippen LogP contribution in [-0.2, 0) is 18.9 Å². The van der Waals surface area contributed by atoms with Gasteiger partial charge in [0.2, 0.25) is 0 Å². The highest BCUT2D eigenvalue weighted by molar-refractivity contribution is 7.99. The quantitative estimate of drug-likeness (QED) is 0.109. The summed E-state index contributed by atoms with van der Waals surface area (Å²) in [4.78, 5) is 17.4. The van der Waals surface area contributed by atoms with Gasteiger partial charge in [0.25, 0.3) is 5.91 Å². The number of hydrogen-bond acceptors (Lipinski definition) is 3. The molecule has 0 fully saturated rings. The van der Waals surface area contributed by atoms with E-state index in [1.807, 2.05) is 26.0 Å². The van der Waals surface area contributed by atoms with Crippen molar-refractivity contribution >= 4 is 17.7 Å². The summed E-state index contributed by atoms with van der Waals surface area (Å²) < 4.78 is 80.9. The maximum absolute atomic E-state index is 13.1. The molecular formula is C32H31F6N3OS. The molecule has 0 atom stereocenters. The number of benzene rings is 3. The molecule has 1 N–H and O–H groups in total. The summed E-state index contributed by atoms with van der Waals surface area (Å²) in [5, 5.41) is 3.27. The number of imidazole rings is 1. The monoisotopic (exact) mass is 619 g/mol. The van der Waals surface area contributed by atoms with Crippen molar-refractivity contribution in [2.75, 3.05) is 12.3 Å². The van der Waals surface area contributed by atoms with E-state index in [-0.39, 0.29) is 12.6 Å². The molecule has 4 aromatic rings. The van der Waals surface area contributed by atoms with Crippen molar-refractivity contribution in [1.82, 2.24) is 14.9 Å². The summed E-state index contributed by atoms with van der Waals surface area (Å²) in [5.41, 5.74) is 2.50. The third kappa shape index (κ3) is 8.01. The highest BCUT2D eigenvalue weighted by Gasteiger charge is 2.37. The van der Waals surface area contributed by atoms with Crippen LogP contribution in [0.5, 0.6) is 0 Å². The van der Waals surface area contributed by atoms with E-state index in [0.717, 1.165) is 38.8 Å². The van der Waals surface area contributed by atoms with Gasteiger partial charge in [-0.3, -0.25) is 4.79 Å². The predicted molar refractivity (Wildman–Crippen MR) is 157 cm³/mol. The number of thioether (sulfide) groups is 1. The molecule has 11 heteroatoms. The Morgan fingerprint density at radius 2 is 1.35 bits per heavy atom. The predicted octanol–water partition coefficient (Wildman–Crippen LogP) is 9.19. The van der Waals surface area contributed by atoms with E-state index in [9.17, 15) is 31.1 Å². The van der Waals surface area contributed by atoms with Crippen LogP contribution in [0.3, 0.4) is 0 Å². The summed E-state index contributed by atoms with van der Waals surface area (Å²) in [6.07, 6.45) is -8.92. The molecule has 1 heterocycles. The van der Waals surface area contributed by atoms with Crippen LogP contribution in [0.1, 0.15) is 52.4 Å². The van der Waals surface area contributed by atoms with Crippen molar-refractivity contribution in [2.45, 2.75) is 57.7 Å². The Balaban J connectivity index is 1.42. The number of alkyl halides is 6. The summed E-state index contributed by atoms with van der Waals surface area (Å²) in [6.45, 7) is 6.90. The maximum atomic E-state index is 13.1. The molecule has 4 nitrogen and oxygen atoms in total. The minimum absolute atomic E-state index is 0.00266. The largest absolute Gasteiger partial charge is 0.416 e. The zero-order valence-corrected chi connectivity index (χ0v) is 24.7. The molecule has 4 rings (SSSR count). The van der Waals surface area contributed by atoms with Gasteiger partial charge in [-0.1, -0.05) is 71.4 Å². The second-order valence-electron chi connectivity index (χ2n) is 10.2. The van der Waals surface area contributed by atoms with E-state index in [4.69, 9.17) is 4.98 Å². The lowest BCUT2D eigenvalue weighted by Crippen LogP contribution is -2.25. The lowest BCUT2D eigenvalue weighted by molar-refractivity contribution is -0.143. The maximum Gasteiger partial charge on any atom is 0.416 e. The average molecular weight is 620 g/mol. The fraction of sp³-hybridized carbons (Fsp3) is 0.312. The number of hydrogen-bond donors (Lipinski definition) is 1. The van der Waals surface area contributed by atoms with Crippen LogP contribution in [0.2, 0.25) is 0 Å². The van der Waals surface area contributed by atoms with Gasteiger partial charge < -0.3 is 9.88 Å². The van der Waals surface area contributed by atoms with Crippen molar-refractivity contribution in [3.63, 3.8) is 0 Å². The number of nitrogens with one attached hydrogen (secondary N) is 1. The minimum atomic E-state index is -5.02. The van der Waals surface area contributed by atoms with Gasteiger partial charge >= 0.3 is 12.4 Å². The molecule has 228 valence electrons. The van der Waals surface area contributed by atoms with E-state index >= 15 is 0 Å². The van der Waals surface area contributed by atoms with Gasteiger partial charge in [-0.05, 0) is 51.8 Å². The van der Waals surface area contributed by atoms with Gasteiger partial charge in [-0.2, -0.15) is 26.3 Å². The van der Waals surface area contributed by atoms with E-state index in [1.165, 1.54) is 0 Å². The fourth-order valence-corrected chi connectivity index (χ4v) is 5.60. The van der Waals surface area contributed by atoms with Gasteiger partial charge in [0.05, 0.1) is 22.5 Å². The summed E-state index contributed by atoms with van der Waals surface area (Å²) in [7, 11) is 0. The third-order valence-corrected chi connectivity index (χ3v) is 7.90. The molecule has 0 radical (unpaired) electrons. The van der Waals surface area contributed by atoms with Crippen LogP contribution >= 0.6 is 11.8 Å². The number of carbonyl (C=O) groups excluding carboxylic acids is 1. The van der Waals surface area contributed by atoms with Crippen LogP contribution in [0.25, 0.3) is 22.5 Å². The van der Waals surface area contributed by atoms with Crippen molar-refractivity contribution in [3.8, 4) is 22.5 Å². The molecule has 1 aromatic heterocycles. The Morgan fingerprint density at radius 3 is 1.86 bits per heavy atom. The van der Waals surface area contributed by atoms with Gasteiger partial charge in [0.15, 0.2) is 5.16 Å². The summed E-state index contributed by atoms with van der Waals surface area (Å²) in [5.74, 6) is -0.341. The van der Waals surface area contributed by atoms with Crippen molar-refractivity contribution in [1.29, 1.82) is 0 Å². The molecule has 0 aliphatic heterocycles. The van der Waals surface area contributed by atoms with E-state index in [0.29, 0.717) is 37.3 Å². The van der Waals surface area contributed by atoms with E-state index in [1.54, 1.807) is 11.8 Å². The molecule has 1 amide bonds. The zero-order valence-electron chi connectivity index (χ0n) is 23.9. The van der Waals surface area contributed by atoms with Gasteiger partial charge in [0.1, 0.15) is 0 Å². The first-order valence-electron chi connectivity index (χ1n) is 13.7. The van der Waals surface area contributed by atoms with E-state index < -0.39 is 35.0 Å². The minimum Gasteiger partial charge on any atom is -0.352 e. The number of aryl methyl sites for hydroxylation is 2. The van der Waals surface area contributed by atoms with Crippen LogP contribution in [0.15, 0.2) is 71.9 Å². The highest BCUT2D eigenvalue weighted by Crippen LogP contribution is 2.38. The molecule has 0 saturated heterocycles. The third-order valence-electron chi connectivity index (χ3n) is 6.84. The fourth-order valence-electron chi connectivity index (χ4n) is 4.53. The number of aromatic nitrogens is 2. The molecule has 0 aliphatic rings. The van der Waals surface area contributed by atoms with Crippen LogP contribution in [0, 0.1) is 13.8 Å². The Morgan fingerprint density at radius 1 is 0.814 bits per heavy atom. The Labute approximate surface area is 250 Å². The first kappa shape index (κ1) is 32.2. The van der Waals surface area contributed by atoms with E-state index in [2.05, 4.69) is 53.2 Å². The van der Waals surface area contributed by atoms with Crippen LogP contribution in [-0.4, -0.2) is 27.8 Å². The first-order valence-corrected chi connectivity index (χ1v) is 14.7. The standard InChI is InChI=1S/C32H31F6N3OS/c1-4-41-28(23-13-9-21(3)10-14-23)27(22-11-7-20(2)8-12-22)40-30(41)43-16-6-5-15-39-29(42)24-17-25(31(33,34)35)19-26(18-24)32(36,37)38/h7-14,17-19H,4-6,15-16H2,1-3H3,(H,39,42). The lowest BCUT2D eigenvalue weighted by Gasteiger charge is -2.14. The molecule has 0 saturated carbocycles. The summed E-state index contributed by atoms with van der Waals surface area (Å²) in [6, 6.07) is 17.3. The summed E-state index contributed by atoms with van der Waals surface area (Å²) >= 11 is 1.56. The van der Waals surface area contributed by atoms with Crippen molar-refractivity contribution in [2.24, 2.45) is 0 Å². The Hall–Kier alpha value is -3.73. The second-order valence-corrected chi connectivity index (χ2v) is 11.2. The number of rotatable bonds is 10. The van der Waals surface area contributed by atoms with Crippen molar-refractivity contribution in [3.05, 3.63) is 94.5 Å². The second kappa shape index (κ2) is 13.3. The lowest BCUT2D eigenvalue weighted by atomic mass is 10.0.